The van der Waals surface area contributed by atoms with Gasteiger partial charge < -0.3 is 10.1 Å². The zero-order valence-corrected chi connectivity index (χ0v) is 11.9. The molecule has 0 aromatic carbocycles. The number of aliphatic imine (C=N–C) groups is 1. The highest BCUT2D eigenvalue weighted by Crippen LogP contribution is 2.33. The van der Waals surface area contributed by atoms with Gasteiger partial charge in [0.1, 0.15) is 0 Å². The maximum absolute atomic E-state index is 5.19. The van der Waals surface area contributed by atoms with E-state index in [9.17, 15) is 0 Å². The van der Waals surface area contributed by atoms with Crippen LogP contribution in [0.15, 0.2) is 4.99 Å². The molecule has 1 rings (SSSR count). The van der Waals surface area contributed by atoms with E-state index in [-0.39, 0.29) is 11.1 Å². The van der Waals surface area contributed by atoms with Crippen molar-refractivity contribution in [1.82, 2.24) is 5.32 Å². The third-order valence-corrected chi connectivity index (χ3v) is 4.23. The molecule has 1 heterocycles. The average molecular weight is 244 g/mol. The van der Waals surface area contributed by atoms with Crippen molar-refractivity contribution in [3.63, 3.8) is 0 Å². The van der Waals surface area contributed by atoms with Crippen LogP contribution in [0.25, 0.3) is 0 Å². The summed E-state index contributed by atoms with van der Waals surface area (Å²) in [4.78, 5) is 4.84. The van der Waals surface area contributed by atoms with Crippen LogP contribution >= 0.6 is 11.8 Å². The van der Waals surface area contributed by atoms with Crippen molar-refractivity contribution >= 4 is 16.9 Å². The highest BCUT2D eigenvalue weighted by Gasteiger charge is 2.33. The van der Waals surface area contributed by atoms with E-state index < -0.39 is 0 Å². The molecule has 16 heavy (non-hydrogen) atoms. The van der Waals surface area contributed by atoms with Gasteiger partial charge in [-0.25, -0.2) is 0 Å². The standard InChI is InChI=1S/C12H24N2OS/c1-6-12(7-2)9-16-10(14-12)13-11(3,4)8-15-5/h6-9H2,1-5H3,(H,13,14). The smallest absolute Gasteiger partial charge is 0.157 e. The summed E-state index contributed by atoms with van der Waals surface area (Å²) < 4.78 is 5.19. The molecule has 0 saturated carbocycles. The van der Waals surface area contributed by atoms with Gasteiger partial charge in [-0.05, 0) is 26.7 Å². The molecular weight excluding hydrogens is 220 g/mol. The molecular formula is C12H24N2OS. The second-order valence-corrected chi connectivity index (χ2v) is 6.04. The summed E-state index contributed by atoms with van der Waals surface area (Å²) in [6, 6.07) is 0. The van der Waals surface area contributed by atoms with E-state index >= 15 is 0 Å². The minimum Gasteiger partial charge on any atom is -0.382 e. The predicted molar refractivity (Wildman–Crippen MR) is 72.3 cm³/mol. The number of nitrogens with one attached hydrogen (secondary N) is 1. The zero-order valence-electron chi connectivity index (χ0n) is 11.1. The molecule has 0 saturated heterocycles. The Morgan fingerprint density at radius 1 is 1.44 bits per heavy atom. The molecule has 1 N–H and O–H groups in total. The van der Waals surface area contributed by atoms with E-state index in [4.69, 9.17) is 9.73 Å². The highest BCUT2D eigenvalue weighted by atomic mass is 32.2. The number of hydrogen-bond donors (Lipinski definition) is 1. The fraction of sp³-hybridized carbons (Fsp3) is 0.917. The van der Waals surface area contributed by atoms with Crippen molar-refractivity contribution in [1.29, 1.82) is 0 Å². The van der Waals surface area contributed by atoms with Gasteiger partial charge in [0.05, 0.1) is 17.7 Å². The molecule has 1 aliphatic heterocycles. The molecule has 0 atom stereocenters. The van der Waals surface area contributed by atoms with Crippen LogP contribution in [0.1, 0.15) is 40.5 Å². The van der Waals surface area contributed by atoms with Crippen LogP contribution in [-0.4, -0.2) is 35.7 Å². The number of ether oxygens (including phenoxy) is 1. The average Bonchev–Trinajstić information content (AvgIpc) is 2.61. The molecule has 94 valence electrons. The van der Waals surface area contributed by atoms with Crippen LogP contribution in [0, 0.1) is 0 Å². The first-order valence-electron chi connectivity index (χ1n) is 5.97. The van der Waals surface area contributed by atoms with E-state index in [2.05, 4.69) is 33.0 Å². The monoisotopic (exact) mass is 244 g/mol. The van der Waals surface area contributed by atoms with Gasteiger partial charge in [0.15, 0.2) is 5.17 Å². The normalized spacial score (nSPS) is 19.7. The summed E-state index contributed by atoms with van der Waals surface area (Å²) in [6.45, 7) is 9.40. The molecule has 0 spiro atoms. The lowest BCUT2D eigenvalue weighted by molar-refractivity contribution is 0.140. The number of hydrogen-bond acceptors (Lipinski definition) is 4. The number of rotatable bonds is 5. The molecule has 0 aromatic rings. The van der Waals surface area contributed by atoms with Gasteiger partial charge in [-0.1, -0.05) is 25.6 Å². The Kier molecular flexibility index (Phi) is 4.68. The van der Waals surface area contributed by atoms with Gasteiger partial charge in [-0.15, -0.1) is 0 Å². The highest BCUT2D eigenvalue weighted by molar-refractivity contribution is 8.14. The van der Waals surface area contributed by atoms with Gasteiger partial charge in [-0.2, -0.15) is 0 Å². The van der Waals surface area contributed by atoms with Crippen LogP contribution in [0.4, 0.5) is 0 Å². The molecule has 0 radical (unpaired) electrons. The molecule has 3 nitrogen and oxygen atoms in total. The summed E-state index contributed by atoms with van der Waals surface area (Å²) in [6.07, 6.45) is 2.23. The van der Waals surface area contributed by atoms with Crippen molar-refractivity contribution in [2.24, 2.45) is 4.99 Å². The van der Waals surface area contributed by atoms with Gasteiger partial charge in [-0.3, -0.25) is 4.99 Å². The lowest BCUT2D eigenvalue weighted by Gasteiger charge is -2.26. The largest absolute Gasteiger partial charge is 0.382 e. The Morgan fingerprint density at radius 2 is 2.06 bits per heavy atom. The van der Waals surface area contributed by atoms with Crippen LogP contribution in [0.3, 0.4) is 0 Å². The summed E-state index contributed by atoms with van der Waals surface area (Å²) >= 11 is 1.83. The maximum Gasteiger partial charge on any atom is 0.157 e. The van der Waals surface area contributed by atoms with Crippen molar-refractivity contribution in [2.75, 3.05) is 19.5 Å². The van der Waals surface area contributed by atoms with E-state index in [0.29, 0.717) is 6.61 Å². The Morgan fingerprint density at radius 3 is 2.50 bits per heavy atom. The third kappa shape index (κ3) is 3.39. The minimum absolute atomic E-state index is 0.0435. The summed E-state index contributed by atoms with van der Waals surface area (Å²) in [7, 11) is 1.73. The van der Waals surface area contributed by atoms with Gasteiger partial charge >= 0.3 is 0 Å². The zero-order chi connectivity index (χ0) is 12.2. The van der Waals surface area contributed by atoms with E-state index in [0.717, 1.165) is 23.8 Å². The molecule has 0 amide bonds. The molecule has 0 bridgehead atoms. The quantitative estimate of drug-likeness (QED) is 0.807. The Hall–Kier alpha value is -0.220. The SMILES string of the molecule is CCC1(CC)CSC(NC(C)(C)COC)=N1. The molecule has 0 unspecified atom stereocenters. The van der Waals surface area contributed by atoms with Gasteiger partial charge in [0, 0.05) is 12.9 Å². The molecule has 4 heteroatoms. The van der Waals surface area contributed by atoms with Crippen LogP contribution in [0.5, 0.6) is 0 Å². The molecule has 0 aromatic heterocycles. The first-order chi connectivity index (χ1) is 7.47. The fourth-order valence-corrected chi connectivity index (χ4v) is 3.33. The maximum atomic E-state index is 5.19. The first-order valence-corrected chi connectivity index (χ1v) is 6.95. The van der Waals surface area contributed by atoms with Crippen LogP contribution in [0.2, 0.25) is 0 Å². The second kappa shape index (κ2) is 5.41. The molecule has 0 fully saturated rings. The Labute approximate surface area is 103 Å². The van der Waals surface area contributed by atoms with Gasteiger partial charge in [0.25, 0.3) is 0 Å². The second-order valence-electron chi connectivity index (χ2n) is 5.08. The van der Waals surface area contributed by atoms with Crippen molar-refractivity contribution < 1.29 is 4.74 Å². The van der Waals surface area contributed by atoms with Crippen molar-refractivity contribution in [3.8, 4) is 0 Å². The third-order valence-electron chi connectivity index (χ3n) is 3.08. The van der Waals surface area contributed by atoms with E-state index in [1.807, 2.05) is 11.8 Å². The number of thioether (sulfide) groups is 1. The van der Waals surface area contributed by atoms with Crippen LogP contribution in [-0.2, 0) is 4.74 Å². The topological polar surface area (TPSA) is 33.6 Å². The molecule has 0 aliphatic carbocycles. The summed E-state index contributed by atoms with van der Waals surface area (Å²) in [5.74, 6) is 1.10. The van der Waals surface area contributed by atoms with Crippen molar-refractivity contribution in [3.05, 3.63) is 0 Å². The minimum atomic E-state index is -0.0435. The van der Waals surface area contributed by atoms with Gasteiger partial charge in [0.2, 0.25) is 0 Å². The van der Waals surface area contributed by atoms with E-state index in [1.165, 1.54) is 0 Å². The number of methoxy groups -OCH3 is 1. The Balaban J connectivity index is 2.63. The number of amidine groups is 1. The number of nitrogens with zero attached hydrogens (tertiary/aromatic N) is 1. The summed E-state index contributed by atoms with van der Waals surface area (Å²) in [5, 5.41) is 4.54. The fourth-order valence-electron chi connectivity index (χ4n) is 1.85. The summed E-state index contributed by atoms with van der Waals surface area (Å²) in [5.41, 5.74) is 0.119. The molecule has 1 aliphatic rings. The first kappa shape index (κ1) is 13.8. The van der Waals surface area contributed by atoms with E-state index in [1.54, 1.807) is 7.11 Å². The van der Waals surface area contributed by atoms with Crippen molar-refractivity contribution in [2.45, 2.75) is 51.6 Å². The lowest BCUT2D eigenvalue weighted by Crippen LogP contribution is -2.45. The predicted octanol–water partition coefficient (Wildman–Crippen LogP) is 2.66. The van der Waals surface area contributed by atoms with Crippen LogP contribution < -0.4 is 5.32 Å². The lowest BCUT2D eigenvalue weighted by atomic mass is 9.97. The Bertz CT molecular complexity index is 260.